The van der Waals surface area contributed by atoms with Gasteiger partial charge in [0.05, 0.1) is 18.1 Å². The summed E-state index contributed by atoms with van der Waals surface area (Å²) in [5.41, 5.74) is 0.993. The van der Waals surface area contributed by atoms with Gasteiger partial charge in [0.25, 0.3) is 5.91 Å². The van der Waals surface area contributed by atoms with Gasteiger partial charge in [-0.3, -0.25) is 9.69 Å². The molecule has 1 heterocycles. The van der Waals surface area contributed by atoms with Crippen molar-refractivity contribution in [1.82, 2.24) is 4.90 Å². The third kappa shape index (κ3) is 4.36. The molecule has 0 radical (unpaired) electrons. The molecule has 5 nitrogen and oxygen atoms in total. The zero-order valence-corrected chi connectivity index (χ0v) is 16.9. The Hall–Kier alpha value is -2.80. The predicted molar refractivity (Wildman–Crippen MR) is 111 cm³/mol. The fourth-order valence-electron chi connectivity index (χ4n) is 2.57. The highest BCUT2D eigenvalue weighted by Crippen LogP contribution is 2.35. The molecule has 1 saturated heterocycles. The number of benzene rings is 2. The second kappa shape index (κ2) is 8.48. The van der Waals surface area contributed by atoms with E-state index in [2.05, 4.69) is 4.99 Å². The van der Waals surface area contributed by atoms with Crippen LogP contribution in [0.3, 0.4) is 0 Å². The van der Waals surface area contributed by atoms with Crippen LogP contribution < -0.4 is 9.47 Å². The van der Waals surface area contributed by atoms with Crippen LogP contribution >= 0.6 is 11.8 Å². The zero-order valence-electron chi connectivity index (χ0n) is 16.1. The van der Waals surface area contributed by atoms with Gasteiger partial charge < -0.3 is 9.47 Å². The van der Waals surface area contributed by atoms with E-state index in [9.17, 15) is 9.18 Å². The average Bonchev–Trinajstić information content (AvgIpc) is 2.92. The summed E-state index contributed by atoms with van der Waals surface area (Å²) in [6.45, 7) is 3.88. The first-order chi connectivity index (χ1) is 13.4. The number of aliphatic imine (C=N–C) groups is 1. The van der Waals surface area contributed by atoms with Crippen molar-refractivity contribution in [2.24, 2.45) is 4.99 Å². The van der Waals surface area contributed by atoms with Crippen LogP contribution in [0.2, 0.25) is 0 Å². The molecule has 0 aliphatic carbocycles. The van der Waals surface area contributed by atoms with Crippen LogP contribution in [0.1, 0.15) is 19.4 Å². The number of para-hydroxylation sites is 1. The predicted octanol–water partition coefficient (Wildman–Crippen LogP) is 4.86. The van der Waals surface area contributed by atoms with E-state index in [0.717, 1.165) is 5.56 Å². The normalized spacial score (nSPS) is 17.1. The number of likely N-dealkylation sites (N-methyl/N-ethyl adjacent to an activating group) is 1. The standard InChI is InChI=1S/C21H21FN2O3S/c1-13(2)27-17-10-9-14(11-18(17)26-4)12-19-20(25)24(3)21(28-19)23-16-8-6-5-7-15(16)22/h5-13H,1-4H3/b19-12+,23-21?. The number of hydrogen-bond acceptors (Lipinski definition) is 5. The molecule has 0 bridgehead atoms. The molecule has 2 aromatic carbocycles. The molecule has 28 heavy (non-hydrogen) atoms. The Kier molecular flexibility index (Phi) is 6.04. The van der Waals surface area contributed by atoms with Crippen molar-refractivity contribution >= 4 is 34.6 Å². The molecule has 146 valence electrons. The summed E-state index contributed by atoms with van der Waals surface area (Å²) in [5.74, 6) is 0.608. The van der Waals surface area contributed by atoms with Crippen molar-refractivity contribution < 1.29 is 18.7 Å². The van der Waals surface area contributed by atoms with Crippen LogP contribution in [0.15, 0.2) is 52.4 Å². The Morgan fingerprint density at radius 1 is 1.18 bits per heavy atom. The molecule has 0 aromatic heterocycles. The van der Waals surface area contributed by atoms with Gasteiger partial charge in [0.1, 0.15) is 11.5 Å². The first-order valence-corrected chi connectivity index (χ1v) is 9.56. The van der Waals surface area contributed by atoms with Crippen LogP contribution in [0.4, 0.5) is 10.1 Å². The number of thioether (sulfide) groups is 1. The fourth-order valence-corrected chi connectivity index (χ4v) is 3.55. The molecular weight excluding hydrogens is 379 g/mol. The molecule has 7 heteroatoms. The van der Waals surface area contributed by atoms with Gasteiger partial charge >= 0.3 is 0 Å². The summed E-state index contributed by atoms with van der Waals surface area (Å²) in [6, 6.07) is 11.7. The number of amidine groups is 1. The fraction of sp³-hybridized carbons (Fsp3) is 0.238. The zero-order chi connectivity index (χ0) is 20.3. The van der Waals surface area contributed by atoms with Crippen LogP contribution in [0, 0.1) is 5.82 Å². The summed E-state index contributed by atoms with van der Waals surface area (Å²) in [6.07, 6.45) is 1.78. The molecule has 3 rings (SSSR count). The number of carbonyl (C=O) groups excluding carboxylic acids is 1. The molecule has 0 atom stereocenters. The Labute approximate surface area is 167 Å². The molecule has 0 N–H and O–H groups in total. The highest BCUT2D eigenvalue weighted by molar-refractivity contribution is 8.18. The van der Waals surface area contributed by atoms with Gasteiger partial charge in [-0.2, -0.15) is 0 Å². The van der Waals surface area contributed by atoms with Gasteiger partial charge in [0.15, 0.2) is 16.7 Å². The minimum absolute atomic E-state index is 0.0240. The van der Waals surface area contributed by atoms with Gasteiger partial charge in [-0.05, 0) is 61.5 Å². The monoisotopic (exact) mass is 400 g/mol. The van der Waals surface area contributed by atoms with E-state index in [1.807, 2.05) is 32.0 Å². The number of methoxy groups -OCH3 is 1. The number of carbonyl (C=O) groups is 1. The van der Waals surface area contributed by atoms with Crippen LogP contribution in [-0.2, 0) is 4.79 Å². The number of hydrogen-bond donors (Lipinski definition) is 0. The molecule has 0 saturated carbocycles. The largest absolute Gasteiger partial charge is 0.493 e. The number of rotatable bonds is 5. The Morgan fingerprint density at radius 2 is 1.93 bits per heavy atom. The minimum Gasteiger partial charge on any atom is -0.493 e. The smallest absolute Gasteiger partial charge is 0.266 e. The SMILES string of the molecule is COc1cc(/C=C2/SC(=Nc3ccccc3F)N(C)C2=O)ccc1OC(C)C. The summed E-state index contributed by atoms with van der Waals surface area (Å²) < 4.78 is 25.0. The molecular formula is C21H21FN2O3S. The second-order valence-electron chi connectivity index (χ2n) is 6.40. The number of halogens is 1. The molecule has 0 unspecified atom stereocenters. The molecule has 0 spiro atoms. The first-order valence-electron chi connectivity index (χ1n) is 8.74. The number of nitrogens with zero attached hydrogens (tertiary/aromatic N) is 2. The van der Waals surface area contributed by atoms with E-state index in [1.165, 1.54) is 22.7 Å². The van der Waals surface area contributed by atoms with Gasteiger partial charge in [0.2, 0.25) is 0 Å². The maximum Gasteiger partial charge on any atom is 0.266 e. The summed E-state index contributed by atoms with van der Waals surface area (Å²) in [5, 5.41) is 0.424. The number of ether oxygens (including phenoxy) is 2. The van der Waals surface area contributed by atoms with E-state index in [1.54, 1.807) is 38.4 Å². The van der Waals surface area contributed by atoms with E-state index < -0.39 is 5.82 Å². The lowest BCUT2D eigenvalue weighted by atomic mass is 10.2. The third-order valence-electron chi connectivity index (χ3n) is 3.92. The first kappa shape index (κ1) is 19.9. The second-order valence-corrected chi connectivity index (χ2v) is 7.41. The minimum atomic E-state index is -0.431. The quantitative estimate of drug-likeness (QED) is 0.673. The van der Waals surface area contributed by atoms with Gasteiger partial charge in [-0.1, -0.05) is 18.2 Å². The Balaban J connectivity index is 1.89. The summed E-state index contributed by atoms with van der Waals surface area (Å²) in [7, 11) is 3.19. The highest BCUT2D eigenvalue weighted by atomic mass is 32.2. The van der Waals surface area contributed by atoms with Crippen LogP contribution in [0.25, 0.3) is 6.08 Å². The van der Waals surface area contributed by atoms with Crippen LogP contribution in [-0.4, -0.2) is 36.2 Å². The molecule has 1 fully saturated rings. The highest BCUT2D eigenvalue weighted by Gasteiger charge is 2.30. The van der Waals surface area contributed by atoms with Crippen LogP contribution in [0.5, 0.6) is 11.5 Å². The van der Waals surface area contributed by atoms with E-state index in [0.29, 0.717) is 21.6 Å². The van der Waals surface area contributed by atoms with E-state index >= 15 is 0 Å². The van der Waals surface area contributed by atoms with Crippen molar-refractivity contribution in [3.63, 3.8) is 0 Å². The van der Waals surface area contributed by atoms with Crippen molar-refractivity contribution in [3.05, 3.63) is 58.8 Å². The maximum absolute atomic E-state index is 13.9. The average molecular weight is 400 g/mol. The van der Waals surface area contributed by atoms with Crippen molar-refractivity contribution in [2.75, 3.05) is 14.2 Å². The van der Waals surface area contributed by atoms with Crippen molar-refractivity contribution in [3.8, 4) is 11.5 Å². The molecule has 1 amide bonds. The topological polar surface area (TPSA) is 51.1 Å². The van der Waals surface area contributed by atoms with E-state index in [4.69, 9.17) is 9.47 Å². The lowest BCUT2D eigenvalue weighted by Crippen LogP contribution is -2.23. The van der Waals surface area contributed by atoms with Gasteiger partial charge in [0, 0.05) is 7.05 Å². The maximum atomic E-state index is 13.9. The Morgan fingerprint density at radius 3 is 2.61 bits per heavy atom. The van der Waals surface area contributed by atoms with E-state index in [-0.39, 0.29) is 17.7 Å². The third-order valence-corrected chi connectivity index (χ3v) is 4.98. The van der Waals surface area contributed by atoms with Gasteiger partial charge in [-0.15, -0.1) is 0 Å². The van der Waals surface area contributed by atoms with Crippen molar-refractivity contribution in [1.29, 1.82) is 0 Å². The summed E-state index contributed by atoms with van der Waals surface area (Å²) >= 11 is 1.20. The molecule has 1 aliphatic rings. The van der Waals surface area contributed by atoms with Gasteiger partial charge in [-0.25, -0.2) is 9.38 Å². The summed E-state index contributed by atoms with van der Waals surface area (Å²) in [4.78, 5) is 18.8. The lowest BCUT2D eigenvalue weighted by molar-refractivity contribution is -0.121. The molecule has 1 aliphatic heterocycles. The Bertz CT molecular complexity index is 956. The molecule has 2 aromatic rings. The van der Waals surface area contributed by atoms with Crippen molar-refractivity contribution in [2.45, 2.75) is 20.0 Å². The number of amides is 1. The lowest BCUT2D eigenvalue weighted by Gasteiger charge is -2.13.